The minimum Gasteiger partial charge on any atom is -0.481 e. The van der Waals surface area contributed by atoms with Crippen LogP contribution in [0.4, 0.5) is 0 Å². The Morgan fingerprint density at radius 3 is 3.05 bits per heavy atom. The minimum atomic E-state index is -0.704. The van der Waals surface area contributed by atoms with E-state index in [1.807, 2.05) is 11.8 Å². The first kappa shape index (κ1) is 14.9. The van der Waals surface area contributed by atoms with Crippen LogP contribution in [0, 0.1) is 6.92 Å². The zero-order valence-corrected chi connectivity index (χ0v) is 13.3. The van der Waals surface area contributed by atoms with Gasteiger partial charge in [-0.05, 0) is 24.1 Å². The van der Waals surface area contributed by atoms with Crippen LogP contribution in [0.15, 0.2) is 22.7 Å². The van der Waals surface area contributed by atoms with Gasteiger partial charge in [0.25, 0.3) is 0 Å². The van der Waals surface area contributed by atoms with Gasteiger partial charge in [-0.3, -0.25) is 9.69 Å². The number of hydrogen-bond acceptors (Lipinski definition) is 3. The van der Waals surface area contributed by atoms with E-state index in [1.165, 1.54) is 11.1 Å². The molecule has 1 unspecified atom stereocenters. The molecule has 104 valence electrons. The van der Waals surface area contributed by atoms with E-state index in [4.69, 9.17) is 5.11 Å². The van der Waals surface area contributed by atoms with Crippen LogP contribution < -0.4 is 0 Å². The lowest BCUT2D eigenvalue weighted by Crippen LogP contribution is -2.42. The van der Waals surface area contributed by atoms with E-state index in [0.717, 1.165) is 29.1 Å². The van der Waals surface area contributed by atoms with Crippen LogP contribution in [-0.2, 0) is 11.3 Å². The molecule has 19 heavy (non-hydrogen) atoms. The molecule has 1 atom stereocenters. The van der Waals surface area contributed by atoms with Crippen LogP contribution in [0.25, 0.3) is 0 Å². The topological polar surface area (TPSA) is 40.5 Å². The molecule has 3 nitrogen and oxygen atoms in total. The van der Waals surface area contributed by atoms with Crippen molar-refractivity contribution < 1.29 is 9.90 Å². The van der Waals surface area contributed by atoms with Crippen molar-refractivity contribution >= 4 is 33.7 Å². The Labute approximate surface area is 126 Å². The third kappa shape index (κ3) is 4.23. The Bertz CT molecular complexity index is 467. The zero-order chi connectivity index (χ0) is 13.8. The normalized spacial score (nSPS) is 20.4. The highest BCUT2D eigenvalue weighted by atomic mass is 79.9. The van der Waals surface area contributed by atoms with Crippen molar-refractivity contribution in [3.05, 3.63) is 33.8 Å². The van der Waals surface area contributed by atoms with E-state index >= 15 is 0 Å². The Kier molecular flexibility index (Phi) is 5.30. The molecule has 1 aliphatic rings. The number of thioether (sulfide) groups is 1. The smallest absolute Gasteiger partial charge is 0.304 e. The lowest BCUT2D eigenvalue weighted by Gasteiger charge is -2.34. The largest absolute Gasteiger partial charge is 0.481 e. The molecule has 1 N–H and O–H groups in total. The van der Waals surface area contributed by atoms with Gasteiger partial charge < -0.3 is 5.11 Å². The van der Waals surface area contributed by atoms with Gasteiger partial charge in [-0.1, -0.05) is 28.1 Å². The van der Waals surface area contributed by atoms with Gasteiger partial charge in [0.15, 0.2) is 0 Å². The van der Waals surface area contributed by atoms with Crippen molar-refractivity contribution in [3.63, 3.8) is 0 Å². The third-order valence-electron chi connectivity index (χ3n) is 3.37. The maximum absolute atomic E-state index is 10.9. The molecule has 1 heterocycles. The summed E-state index contributed by atoms with van der Waals surface area (Å²) >= 11 is 5.36. The van der Waals surface area contributed by atoms with Gasteiger partial charge >= 0.3 is 5.97 Å². The molecule has 1 saturated heterocycles. The highest BCUT2D eigenvalue weighted by Gasteiger charge is 2.24. The van der Waals surface area contributed by atoms with E-state index in [9.17, 15) is 4.79 Å². The molecule has 5 heteroatoms. The molecule has 0 radical (unpaired) electrons. The Balaban J connectivity index is 2.06. The maximum atomic E-state index is 10.9. The van der Waals surface area contributed by atoms with Crippen molar-refractivity contribution in [1.29, 1.82) is 0 Å². The number of halogens is 1. The van der Waals surface area contributed by atoms with Gasteiger partial charge in [-0.2, -0.15) is 11.8 Å². The number of rotatable bonds is 4. The van der Waals surface area contributed by atoms with Crippen LogP contribution in [0.2, 0.25) is 0 Å². The summed E-state index contributed by atoms with van der Waals surface area (Å²) in [6.45, 7) is 3.89. The summed E-state index contributed by atoms with van der Waals surface area (Å²) in [7, 11) is 0. The van der Waals surface area contributed by atoms with Gasteiger partial charge in [-0.15, -0.1) is 0 Å². The quantitative estimate of drug-likeness (QED) is 0.911. The third-order valence-corrected chi connectivity index (χ3v) is 5.35. The number of hydrogen-bond donors (Lipinski definition) is 1. The van der Waals surface area contributed by atoms with Crippen molar-refractivity contribution in [1.82, 2.24) is 4.90 Å². The summed E-state index contributed by atoms with van der Waals surface area (Å²) < 4.78 is 1.12. The number of aliphatic carboxylic acids is 1. The zero-order valence-electron chi connectivity index (χ0n) is 10.9. The van der Waals surface area contributed by atoms with E-state index in [0.29, 0.717) is 0 Å². The molecule has 1 fully saturated rings. The molecular weight excluding hydrogens is 326 g/mol. The highest BCUT2D eigenvalue weighted by Crippen LogP contribution is 2.23. The number of nitrogens with zero attached hydrogens (tertiary/aromatic N) is 1. The van der Waals surface area contributed by atoms with E-state index in [1.54, 1.807) is 0 Å². The van der Waals surface area contributed by atoms with E-state index in [-0.39, 0.29) is 12.5 Å². The van der Waals surface area contributed by atoms with Gasteiger partial charge in [0.1, 0.15) is 0 Å². The first-order valence-electron chi connectivity index (χ1n) is 6.35. The van der Waals surface area contributed by atoms with Crippen molar-refractivity contribution in [2.75, 3.05) is 18.1 Å². The second-order valence-electron chi connectivity index (χ2n) is 4.88. The molecule has 0 spiro atoms. The number of benzene rings is 1. The number of carboxylic acid groups (broad SMARTS) is 1. The predicted octanol–water partition coefficient (Wildman–Crippen LogP) is 3.15. The summed E-state index contributed by atoms with van der Waals surface area (Å²) in [5.74, 6) is 1.30. The summed E-state index contributed by atoms with van der Waals surface area (Å²) in [4.78, 5) is 13.2. The average Bonchev–Trinajstić information content (AvgIpc) is 2.36. The Hall–Kier alpha value is -0.520. The fraction of sp³-hybridized carbons (Fsp3) is 0.500. The molecular formula is C14H18BrNO2S. The van der Waals surface area contributed by atoms with Crippen molar-refractivity contribution in [2.24, 2.45) is 0 Å². The second kappa shape index (κ2) is 6.77. The molecule has 1 aromatic rings. The molecule has 0 saturated carbocycles. The van der Waals surface area contributed by atoms with Gasteiger partial charge in [0.2, 0.25) is 0 Å². The van der Waals surface area contributed by atoms with E-state index < -0.39 is 5.97 Å². The summed E-state index contributed by atoms with van der Waals surface area (Å²) in [6, 6.07) is 6.50. The lowest BCUT2D eigenvalue weighted by molar-refractivity contribution is -0.138. The number of carbonyl (C=O) groups is 1. The molecule has 1 aromatic carbocycles. The summed E-state index contributed by atoms with van der Waals surface area (Å²) in [6.07, 6.45) is 0.239. The van der Waals surface area contributed by atoms with Gasteiger partial charge in [-0.25, -0.2) is 0 Å². The van der Waals surface area contributed by atoms with Crippen LogP contribution in [0.1, 0.15) is 17.5 Å². The molecule has 0 aliphatic carbocycles. The average molecular weight is 344 g/mol. The summed E-state index contributed by atoms with van der Waals surface area (Å²) in [5, 5.41) is 8.99. The van der Waals surface area contributed by atoms with Crippen LogP contribution in [0.3, 0.4) is 0 Å². The molecule has 0 bridgehead atoms. The number of carboxylic acids is 1. The molecule has 0 aromatic heterocycles. The van der Waals surface area contributed by atoms with Gasteiger partial charge in [0.05, 0.1) is 6.42 Å². The molecule has 2 rings (SSSR count). The summed E-state index contributed by atoms with van der Waals surface area (Å²) in [5.41, 5.74) is 2.47. The fourth-order valence-electron chi connectivity index (χ4n) is 2.33. The monoisotopic (exact) mass is 343 g/mol. The van der Waals surface area contributed by atoms with Crippen LogP contribution in [0.5, 0.6) is 0 Å². The number of aryl methyl sites for hydroxylation is 1. The van der Waals surface area contributed by atoms with E-state index in [2.05, 4.69) is 46.0 Å². The lowest BCUT2D eigenvalue weighted by atomic mass is 10.1. The van der Waals surface area contributed by atoms with Crippen LogP contribution >= 0.6 is 27.7 Å². The van der Waals surface area contributed by atoms with Crippen molar-refractivity contribution in [2.45, 2.75) is 25.9 Å². The first-order valence-corrected chi connectivity index (χ1v) is 8.29. The molecule has 1 aliphatic heterocycles. The Morgan fingerprint density at radius 1 is 1.58 bits per heavy atom. The van der Waals surface area contributed by atoms with Gasteiger partial charge in [0, 0.05) is 35.1 Å². The van der Waals surface area contributed by atoms with Crippen LogP contribution in [-0.4, -0.2) is 40.1 Å². The SMILES string of the molecule is Cc1cc(CN2CCSCC2CC(=O)O)ccc1Br. The first-order chi connectivity index (χ1) is 9.06. The van der Waals surface area contributed by atoms with Crippen molar-refractivity contribution in [3.8, 4) is 0 Å². The second-order valence-corrected chi connectivity index (χ2v) is 6.88. The fourth-order valence-corrected chi connectivity index (χ4v) is 3.70. The standard InChI is InChI=1S/C14H18BrNO2S/c1-10-6-11(2-3-13(10)15)8-16-4-5-19-9-12(16)7-14(17)18/h2-3,6,12H,4-5,7-9H2,1H3,(H,17,18). The Morgan fingerprint density at radius 2 is 2.37 bits per heavy atom. The maximum Gasteiger partial charge on any atom is 0.304 e. The predicted molar refractivity (Wildman–Crippen MR) is 82.7 cm³/mol. The molecule has 0 amide bonds. The minimum absolute atomic E-state index is 0.153. The highest BCUT2D eigenvalue weighted by molar-refractivity contribution is 9.10.